The summed E-state index contributed by atoms with van der Waals surface area (Å²) in [7, 11) is 0. The average molecular weight is 288 g/mol. The van der Waals surface area contributed by atoms with Gasteiger partial charge in [-0.05, 0) is 32.3 Å². The molecule has 0 spiro atoms. The van der Waals surface area contributed by atoms with E-state index in [1.807, 2.05) is 25.1 Å². The molecule has 4 heteroatoms. The van der Waals surface area contributed by atoms with Crippen LogP contribution in [0.3, 0.4) is 0 Å². The molecule has 1 aliphatic carbocycles. The van der Waals surface area contributed by atoms with Crippen LogP contribution in [0, 0.1) is 6.92 Å². The van der Waals surface area contributed by atoms with Crippen LogP contribution in [0.15, 0.2) is 18.2 Å². The Morgan fingerprint density at radius 3 is 2.76 bits per heavy atom. The first kappa shape index (κ1) is 14.4. The molecule has 2 aliphatic rings. The van der Waals surface area contributed by atoms with Gasteiger partial charge >= 0.3 is 6.03 Å². The zero-order valence-corrected chi connectivity index (χ0v) is 12.6. The monoisotopic (exact) mass is 288 g/mol. The van der Waals surface area contributed by atoms with Gasteiger partial charge in [0.25, 0.3) is 0 Å². The standard InChI is InChI=1S/C17H24N2O2/c1-12-7-8-15-14(11-12)16(20)9-10-19(15)17(21)18-13-5-3-2-4-6-13/h7-8,11,13,16,20H,2-6,9-10H2,1H3,(H,18,21). The number of rotatable bonds is 1. The first-order chi connectivity index (χ1) is 10.1. The Hall–Kier alpha value is -1.55. The molecule has 1 aliphatic heterocycles. The lowest BCUT2D eigenvalue weighted by Crippen LogP contribution is -2.47. The SMILES string of the molecule is Cc1ccc2c(c1)C(O)CCN2C(=O)NC1CCCCC1. The van der Waals surface area contributed by atoms with Crippen LogP contribution >= 0.6 is 0 Å². The van der Waals surface area contributed by atoms with Crippen LogP contribution < -0.4 is 10.2 Å². The maximum absolute atomic E-state index is 12.6. The molecule has 0 aromatic heterocycles. The summed E-state index contributed by atoms with van der Waals surface area (Å²) in [5.41, 5.74) is 2.84. The minimum atomic E-state index is -0.460. The fraction of sp³-hybridized carbons (Fsp3) is 0.588. The Morgan fingerprint density at radius 1 is 1.24 bits per heavy atom. The molecule has 2 N–H and O–H groups in total. The van der Waals surface area contributed by atoms with Crippen LogP contribution in [-0.2, 0) is 0 Å². The van der Waals surface area contributed by atoms with Crippen molar-refractivity contribution in [2.75, 3.05) is 11.4 Å². The number of carbonyl (C=O) groups excluding carboxylic acids is 1. The van der Waals surface area contributed by atoms with E-state index in [0.717, 1.165) is 29.7 Å². The summed E-state index contributed by atoms with van der Waals surface area (Å²) < 4.78 is 0. The molecule has 114 valence electrons. The van der Waals surface area contributed by atoms with Crippen LogP contribution in [0.5, 0.6) is 0 Å². The number of benzene rings is 1. The number of anilines is 1. The van der Waals surface area contributed by atoms with E-state index in [0.29, 0.717) is 19.0 Å². The largest absolute Gasteiger partial charge is 0.388 e. The Morgan fingerprint density at radius 2 is 2.00 bits per heavy atom. The van der Waals surface area contributed by atoms with E-state index in [-0.39, 0.29) is 6.03 Å². The summed E-state index contributed by atoms with van der Waals surface area (Å²) >= 11 is 0. The normalized spacial score (nSPS) is 22.8. The smallest absolute Gasteiger partial charge is 0.322 e. The van der Waals surface area contributed by atoms with Gasteiger partial charge in [0, 0.05) is 18.2 Å². The highest BCUT2D eigenvalue weighted by molar-refractivity contribution is 5.93. The van der Waals surface area contributed by atoms with E-state index in [9.17, 15) is 9.90 Å². The van der Waals surface area contributed by atoms with E-state index < -0.39 is 6.10 Å². The lowest BCUT2D eigenvalue weighted by molar-refractivity contribution is 0.164. The van der Waals surface area contributed by atoms with Gasteiger partial charge in [-0.15, -0.1) is 0 Å². The molecule has 1 unspecified atom stereocenters. The Kier molecular flexibility index (Phi) is 4.15. The van der Waals surface area contributed by atoms with Crippen LogP contribution in [0.2, 0.25) is 0 Å². The molecule has 1 saturated carbocycles. The summed E-state index contributed by atoms with van der Waals surface area (Å²) in [6.45, 7) is 2.59. The third-order valence-electron chi connectivity index (χ3n) is 4.64. The second kappa shape index (κ2) is 6.06. The first-order valence-corrected chi connectivity index (χ1v) is 8.02. The molecule has 3 rings (SSSR count). The number of nitrogens with one attached hydrogen (secondary N) is 1. The summed E-state index contributed by atoms with van der Waals surface area (Å²) in [5.74, 6) is 0. The quantitative estimate of drug-likeness (QED) is 0.833. The van der Waals surface area contributed by atoms with Gasteiger partial charge in [-0.2, -0.15) is 0 Å². The molecule has 0 radical (unpaired) electrons. The van der Waals surface area contributed by atoms with Crippen molar-refractivity contribution in [1.29, 1.82) is 0 Å². The number of amides is 2. The molecule has 1 heterocycles. The molecule has 1 fully saturated rings. The van der Waals surface area contributed by atoms with Crippen molar-refractivity contribution in [3.05, 3.63) is 29.3 Å². The van der Waals surface area contributed by atoms with Crippen molar-refractivity contribution in [3.8, 4) is 0 Å². The molecule has 1 aromatic rings. The highest BCUT2D eigenvalue weighted by Crippen LogP contribution is 2.34. The van der Waals surface area contributed by atoms with E-state index >= 15 is 0 Å². The fourth-order valence-electron chi connectivity index (χ4n) is 3.42. The Balaban J connectivity index is 1.76. The number of fused-ring (bicyclic) bond motifs is 1. The molecule has 21 heavy (non-hydrogen) atoms. The Bertz CT molecular complexity index is 524. The van der Waals surface area contributed by atoms with E-state index in [1.165, 1.54) is 19.3 Å². The lowest BCUT2D eigenvalue weighted by atomic mass is 9.95. The van der Waals surface area contributed by atoms with Crippen molar-refractivity contribution >= 4 is 11.7 Å². The van der Waals surface area contributed by atoms with Gasteiger partial charge in [0.1, 0.15) is 0 Å². The van der Waals surface area contributed by atoms with Gasteiger partial charge in [-0.25, -0.2) is 4.79 Å². The van der Waals surface area contributed by atoms with Crippen LogP contribution in [-0.4, -0.2) is 23.7 Å². The van der Waals surface area contributed by atoms with Crippen molar-refractivity contribution in [2.45, 2.75) is 57.6 Å². The minimum Gasteiger partial charge on any atom is -0.388 e. The van der Waals surface area contributed by atoms with E-state index in [2.05, 4.69) is 5.32 Å². The van der Waals surface area contributed by atoms with Gasteiger partial charge in [-0.1, -0.05) is 37.0 Å². The second-order valence-corrected chi connectivity index (χ2v) is 6.30. The topological polar surface area (TPSA) is 52.6 Å². The summed E-state index contributed by atoms with van der Waals surface area (Å²) in [5, 5.41) is 13.3. The van der Waals surface area contributed by atoms with Gasteiger partial charge in [-0.3, -0.25) is 4.90 Å². The number of nitrogens with zero attached hydrogens (tertiary/aromatic N) is 1. The first-order valence-electron chi connectivity index (χ1n) is 8.02. The van der Waals surface area contributed by atoms with Crippen molar-refractivity contribution < 1.29 is 9.90 Å². The lowest BCUT2D eigenvalue weighted by Gasteiger charge is -2.34. The average Bonchev–Trinajstić information content (AvgIpc) is 2.49. The van der Waals surface area contributed by atoms with Crippen molar-refractivity contribution in [1.82, 2.24) is 5.32 Å². The molecule has 1 atom stereocenters. The second-order valence-electron chi connectivity index (χ2n) is 6.30. The highest BCUT2D eigenvalue weighted by Gasteiger charge is 2.28. The summed E-state index contributed by atoms with van der Waals surface area (Å²) in [4.78, 5) is 14.3. The Labute approximate surface area is 126 Å². The highest BCUT2D eigenvalue weighted by atomic mass is 16.3. The van der Waals surface area contributed by atoms with Crippen LogP contribution in [0.1, 0.15) is 55.8 Å². The predicted molar refractivity (Wildman–Crippen MR) is 83.5 cm³/mol. The van der Waals surface area contributed by atoms with Crippen LogP contribution in [0.25, 0.3) is 0 Å². The van der Waals surface area contributed by atoms with Crippen LogP contribution in [0.4, 0.5) is 10.5 Å². The number of hydrogen-bond acceptors (Lipinski definition) is 2. The molecular formula is C17H24N2O2. The van der Waals surface area contributed by atoms with Gasteiger partial charge in [0.2, 0.25) is 0 Å². The molecule has 0 saturated heterocycles. The number of aliphatic hydroxyl groups is 1. The fourth-order valence-corrected chi connectivity index (χ4v) is 3.42. The number of urea groups is 1. The number of aliphatic hydroxyl groups excluding tert-OH is 1. The van der Waals surface area contributed by atoms with Gasteiger partial charge in [0.15, 0.2) is 0 Å². The summed E-state index contributed by atoms with van der Waals surface area (Å²) in [6, 6.07) is 6.23. The number of aryl methyl sites for hydroxylation is 1. The number of carbonyl (C=O) groups is 1. The van der Waals surface area contributed by atoms with E-state index in [1.54, 1.807) is 4.90 Å². The third-order valence-corrected chi connectivity index (χ3v) is 4.64. The molecule has 0 bridgehead atoms. The van der Waals surface area contributed by atoms with Gasteiger partial charge in [0.05, 0.1) is 11.8 Å². The maximum atomic E-state index is 12.6. The minimum absolute atomic E-state index is 0.0149. The van der Waals surface area contributed by atoms with Gasteiger partial charge < -0.3 is 10.4 Å². The van der Waals surface area contributed by atoms with Crippen molar-refractivity contribution in [2.24, 2.45) is 0 Å². The molecule has 4 nitrogen and oxygen atoms in total. The van der Waals surface area contributed by atoms with E-state index in [4.69, 9.17) is 0 Å². The molecular weight excluding hydrogens is 264 g/mol. The zero-order valence-electron chi connectivity index (χ0n) is 12.6. The predicted octanol–water partition coefficient (Wildman–Crippen LogP) is 3.28. The zero-order chi connectivity index (χ0) is 14.8. The molecule has 2 amide bonds. The third kappa shape index (κ3) is 3.05. The maximum Gasteiger partial charge on any atom is 0.322 e. The molecule has 1 aromatic carbocycles. The number of hydrogen-bond donors (Lipinski definition) is 2. The summed E-state index contributed by atoms with van der Waals surface area (Å²) in [6.07, 6.45) is 6.02. The van der Waals surface area contributed by atoms with Crippen molar-refractivity contribution in [3.63, 3.8) is 0 Å².